The quantitative estimate of drug-likeness (QED) is 0.322. The lowest BCUT2D eigenvalue weighted by Gasteiger charge is -2.26. The van der Waals surface area contributed by atoms with Crippen LogP contribution in [0.3, 0.4) is 0 Å². The van der Waals surface area contributed by atoms with Gasteiger partial charge < -0.3 is 19.9 Å². The summed E-state index contributed by atoms with van der Waals surface area (Å²) >= 11 is 0. The number of fused-ring (bicyclic) bond motifs is 2. The Morgan fingerprint density at radius 3 is 2.78 bits per heavy atom. The zero-order valence-electron chi connectivity index (χ0n) is 19.8. The van der Waals surface area contributed by atoms with E-state index in [4.69, 9.17) is 4.74 Å². The molecule has 9 heteroatoms. The van der Waals surface area contributed by atoms with Gasteiger partial charge in [-0.1, -0.05) is 6.07 Å². The van der Waals surface area contributed by atoms with Gasteiger partial charge in [-0.2, -0.15) is 5.10 Å². The summed E-state index contributed by atoms with van der Waals surface area (Å²) in [4.78, 5) is 20.1. The molecule has 1 aliphatic heterocycles. The number of carbonyl (C=O) groups is 1. The molecule has 182 valence electrons. The van der Waals surface area contributed by atoms with Crippen molar-refractivity contribution in [3.05, 3.63) is 78.8 Å². The van der Waals surface area contributed by atoms with E-state index in [0.717, 1.165) is 72.6 Å². The van der Waals surface area contributed by atoms with Gasteiger partial charge in [0.15, 0.2) is 0 Å². The van der Waals surface area contributed by atoms with E-state index in [2.05, 4.69) is 47.5 Å². The van der Waals surface area contributed by atoms with Gasteiger partial charge >= 0.3 is 0 Å². The highest BCUT2D eigenvalue weighted by atomic mass is 16.5. The second-order valence-corrected chi connectivity index (χ2v) is 8.89. The molecule has 1 saturated heterocycles. The SMILES string of the molecule is O=C(Nc1ccc2ccn(CCN3CCOCC3)c2c1)c1cccnc1Nc1ccc2cn[nH]c2c1. The smallest absolute Gasteiger partial charge is 0.259 e. The fourth-order valence-electron chi connectivity index (χ4n) is 4.57. The number of ether oxygens (including phenoxy) is 1. The van der Waals surface area contributed by atoms with Crippen molar-refractivity contribution in [1.29, 1.82) is 0 Å². The molecule has 2 aromatic carbocycles. The van der Waals surface area contributed by atoms with Gasteiger partial charge in [-0.15, -0.1) is 0 Å². The Kier molecular flexibility index (Phi) is 6.06. The molecular formula is C27H27N7O2. The number of hydrogen-bond acceptors (Lipinski definition) is 6. The zero-order valence-corrected chi connectivity index (χ0v) is 19.8. The highest BCUT2D eigenvalue weighted by molar-refractivity contribution is 6.08. The maximum Gasteiger partial charge on any atom is 0.259 e. The molecule has 4 heterocycles. The van der Waals surface area contributed by atoms with E-state index in [-0.39, 0.29) is 5.91 Å². The molecule has 0 aliphatic carbocycles. The molecule has 1 amide bonds. The Morgan fingerprint density at radius 2 is 1.86 bits per heavy atom. The first kappa shape index (κ1) is 22.3. The lowest BCUT2D eigenvalue weighted by atomic mass is 10.2. The Bertz CT molecular complexity index is 1520. The van der Waals surface area contributed by atoms with Crippen molar-refractivity contribution in [1.82, 2.24) is 24.6 Å². The molecule has 5 aromatic rings. The lowest BCUT2D eigenvalue weighted by molar-refractivity contribution is 0.0365. The van der Waals surface area contributed by atoms with Gasteiger partial charge in [-0.05, 0) is 53.9 Å². The maximum absolute atomic E-state index is 13.3. The number of carbonyl (C=O) groups excluding carboxylic acids is 1. The van der Waals surface area contributed by atoms with Crippen LogP contribution in [-0.2, 0) is 11.3 Å². The van der Waals surface area contributed by atoms with Gasteiger partial charge in [0.1, 0.15) is 5.82 Å². The Balaban J connectivity index is 1.19. The first-order valence-electron chi connectivity index (χ1n) is 12.1. The molecule has 0 spiro atoms. The minimum atomic E-state index is -0.223. The number of nitrogens with zero attached hydrogens (tertiary/aromatic N) is 4. The maximum atomic E-state index is 13.3. The molecular weight excluding hydrogens is 454 g/mol. The molecule has 0 bridgehead atoms. The second kappa shape index (κ2) is 9.80. The normalized spacial score (nSPS) is 14.3. The van der Waals surface area contributed by atoms with Crippen LogP contribution >= 0.6 is 0 Å². The van der Waals surface area contributed by atoms with Crippen molar-refractivity contribution in [2.45, 2.75) is 6.54 Å². The molecule has 0 atom stereocenters. The van der Waals surface area contributed by atoms with E-state index in [0.29, 0.717) is 11.4 Å². The summed E-state index contributed by atoms with van der Waals surface area (Å²) in [6, 6.07) is 17.5. The molecule has 0 saturated carbocycles. The minimum absolute atomic E-state index is 0.223. The average molecular weight is 482 g/mol. The van der Waals surface area contributed by atoms with Crippen LogP contribution < -0.4 is 10.6 Å². The number of nitrogens with one attached hydrogen (secondary N) is 3. The van der Waals surface area contributed by atoms with Crippen LogP contribution in [0.25, 0.3) is 21.8 Å². The third-order valence-corrected chi connectivity index (χ3v) is 6.55. The third kappa shape index (κ3) is 4.66. The van der Waals surface area contributed by atoms with E-state index in [1.54, 1.807) is 24.5 Å². The van der Waals surface area contributed by atoms with Crippen LogP contribution in [-0.4, -0.2) is 63.4 Å². The first-order chi connectivity index (χ1) is 17.7. The molecule has 36 heavy (non-hydrogen) atoms. The molecule has 3 N–H and O–H groups in total. The predicted octanol–water partition coefficient (Wildman–Crippen LogP) is 4.24. The van der Waals surface area contributed by atoms with Gasteiger partial charge in [0.25, 0.3) is 5.91 Å². The number of rotatable bonds is 7. The van der Waals surface area contributed by atoms with Gasteiger partial charge in [0, 0.05) is 55.3 Å². The lowest BCUT2D eigenvalue weighted by Crippen LogP contribution is -2.38. The van der Waals surface area contributed by atoms with Gasteiger partial charge in [-0.25, -0.2) is 4.98 Å². The topological polar surface area (TPSA) is 100 Å². The zero-order chi connectivity index (χ0) is 24.3. The monoisotopic (exact) mass is 481 g/mol. The molecule has 1 fully saturated rings. The average Bonchev–Trinajstić information content (AvgIpc) is 3.55. The van der Waals surface area contributed by atoms with Crippen LogP contribution in [0.5, 0.6) is 0 Å². The number of aromatic amines is 1. The Labute approximate surface area is 208 Å². The van der Waals surface area contributed by atoms with Crippen molar-refractivity contribution < 1.29 is 9.53 Å². The second-order valence-electron chi connectivity index (χ2n) is 8.89. The van der Waals surface area contributed by atoms with Gasteiger partial charge in [0.2, 0.25) is 0 Å². The van der Waals surface area contributed by atoms with Crippen molar-refractivity contribution in [2.75, 3.05) is 43.5 Å². The van der Waals surface area contributed by atoms with Crippen molar-refractivity contribution >= 4 is 44.9 Å². The number of H-pyrrole nitrogens is 1. The number of aromatic nitrogens is 4. The summed E-state index contributed by atoms with van der Waals surface area (Å²) in [5.41, 5.74) is 4.03. The Morgan fingerprint density at radius 1 is 1.00 bits per heavy atom. The van der Waals surface area contributed by atoms with E-state index >= 15 is 0 Å². The summed E-state index contributed by atoms with van der Waals surface area (Å²) in [6.07, 6.45) is 5.55. The van der Waals surface area contributed by atoms with E-state index in [1.807, 2.05) is 36.4 Å². The predicted molar refractivity (Wildman–Crippen MR) is 141 cm³/mol. The van der Waals surface area contributed by atoms with E-state index < -0.39 is 0 Å². The third-order valence-electron chi connectivity index (χ3n) is 6.55. The standard InChI is InChI=1S/C27H27N7O2/c35-27(23-2-1-8-28-26(23)30-21-6-4-20-18-29-32-24(20)16-21)31-22-5-3-19-7-9-34(25(19)17-22)11-10-33-12-14-36-15-13-33/h1-9,16-18H,10-15H2,(H,28,30)(H,29,32)(H,31,35). The van der Waals surface area contributed by atoms with Crippen molar-refractivity contribution in [3.8, 4) is 0 Å². The molecule has 1 aliphatic rings. The van der Waals surface area contributed by atoms with Crippen LogP contribution in [0.1, 0.15) is 10.4 Å². The van der Waals surface area contributed by atoms with Crippen LogP contribution in [0.2, 0.25) is 0 Å². The summed E-state index contributed by atoms with van der Waals surface area (Å²) in [6.45, 7) is 5.39. The van der Waals surface area contributed by atoms with Gasteiger partial charge in [-0.3, -0.25) is 14.8 Å². The van der Waals surface area contributed by atoms with Crippen molar-refractivity contribution in [2.24, 2.45) is 0 Å². The molecule has 6 rings (SSSR count). The fourth-order valence-corrected chi connectivity index (χ4v) is 4.57. The van der Waals surface area contributed by atoms with Gasteiger partial charge in [0.05, 0.1) is 36.0 Å². The fraction of sp³-hybridized carbons (Fsp3) is 0.222. The van der Waals surface area contributed by atoms with Crippen LogP contribution in [0.15, 0.2) is 73.2 Å². The highest BCUT2D eigenvalue weighted by Gasteiger charge is 2.15. The summed E-state index contributed by atoms with van der Waals surface area (Å²) in [7, 11) is 0. The largest absolute Gasteiger partial charge is 0.379 e. The Hall–Kier alpha value is -4.21. The number of pyridine rings is 1. The van der Waals surface area contributed by atoms with Crippen LogP contribution in [0.4, 0.5) is 17.2 Å². The summed E-state index contributed by atoms with van der Waals surface area (Å²) in [5.74, 6) is 0.267. The first-order valence-corrected chi connectivity index (χ1v) is 12.1. The summed E-state index contributed by atoms with van der Waals surface area (Å²) in [5, 5.41) is 15.5. The molecule has 3 aromatic heterocycles. The van der Waals surface area contributed by atoms with Crippen molar-refractivity contribution in [3.63, 3.8) is 0 Å². The van der Waals surface area contributed by atoms with E-state index in [9.17, 15) is 4.79 Å². The minimum Gasteiger partial charge on any atom is -0.379 e. The van der Waals surface area contributed by atoms with E-state index in [1.165, 1.54) is 0 Å². The number of amides is 1. The van der Waals surface area contributed by atoms with Crippen LogP contribution in [0, 0.1) is 0 Å². The number of anilines is 3. The molecule has 0 unspecified atom stereocenters. The highest BCUT2D eigenvalue weighted by Crippen LogP contribution is 2.24. The molecule has 9 nitrogen and oxygen atoms in total. The number of hydrogen-bond donors (Lipinski definition) is 3. The molecule has 0 radical (unpaired) electrons. The number of benzene rings is 2. The summed E-state index contributed by atoms with van der Waals surface area (Å²) < 4.78 is 7.69. The number of morpholine rings is 1.